The predicted octanol–water partition coefficient (Wildman–Crippen LogP) is 6.96. The molecule has 2 aromatic heterocycles. The van der Waals surface area contributed by atoms with Crippen LogP contribution in [0.2, 0.25) is 5.02 Å². The Morgan fingerprint density at radius 1 is 0.949 bits per heavy atom. The van der Waals surface area contributed by atoms with Crippen molar-refractivity contribution in [2.75, 3.05) is 25.2 Å². The lowest BCUT2D eigenvalue weighted by Gasteiger charge is -2.28. The van der Waals surface area contributed by atoms with Gasteiger partial charge in [0.15, 0.2) is 5.11 Å². The number of nitrogens with zero attached hydrogens (tertiary/aromatic N) is 3. The van der Waals surface area contributed by atoms with Crippen LogP contribution in [0.4, 0.5) is 5.69 Å². The summed E-state index contributed by atoms with van der Waals surface area (Å²) in [7, 11) is 1.64. The first-order valence-corrected chi connectivity index (χ1v) is 13.8. The van der Waals surface area contributed by atoms with Gasteiger partial charge in [-0.15, -0.1) is 0 Å². The molecular weight excluding hydrogens is 528 g/mol. The molecule has 202 valence electrons. The number of hydrogen-bond donors (Lipinski definition) is 1. The Labute approximate surface area is 240 Å². The van der Waals surface area contributed by atoms with Crippen LogP contribution in [0, 0.1) is 27.7 Å². The second kappa shape index (κ2) is 11.4. The number of anilines is 1. The third-order valence-corrected chi connectivity index (χ3v) is 7.70. The summed E-state index contributed by atoms with van der Waals surface area (Å²) in [4.78, 5) is 6.85. The lowest BCUT2D eigenvalue weighted by atomic mass is 9.96. The van der Waals surface area contributed by atoms with Crippen LogP contribution in [0.15, 0.2) is 66.9 Å². The number of halogens is 1. The van der Waals surface area contributed by atoms with Crippen LogP contribution in [0.25, 0.3) is 5.69 Å². The maximum Gasteiger partial charge on any atom is 0.174 e. The Balaban J connectivity index is 1.62. The molecule has 0 bridgehead atoms. The van der Waals surface area contributed by atoms with Crippen molar-refractivity contribution in [1.82, 2.24) is 14.9 Å². The third-order valence-electron chi connectivity index (χ3n) is 7.09. The number of thiocarbonyl (C=S) groups is 1. The Morgan fingerprint density at radius 3 is 2.38 bits per heavy atom. The molecule has 0 radical (unpaired) electrons. The van der Waals surface area contributed by atoms with Crippen molar-refractivity contribution >= 4 is 34.6 Å². The zero-order chi connectivity index (χ0) is 27.7. The van der Waals surface area contributed by atoms with Crippen molar-refractivity contribution in [3.63, 3.8) is 0 Å². The SMILES string of the molecule is COCCOc1ccc(N2C(=S)N[C@H](c3ccccn3)[C@@H]2c2cc(C)n(-c3cc(C)cc(C)c3)c2C)cc1Cl. The van der Waals surface area contributed by atoms with Crippen molar-refractivity contribution in [3.05, 3.63) is 106 Å². The molecule has 1 fully saturated rings. The zero-order valence-electron chi connectivity index (χ0n) is 22.9. The highest BCUT2D eigenvalue weighted by molar-refractivity contribution is 7.80. The van der Waals surface area contributed by atoms with Gasteiger partial charge in [-0.1, -0.05) is 23.7 Å². The maximum atomic E-state index is 6.68. The average molecular weight is 561 g/mol. The Kier molecular flexibility index (Phi) is 7.93. The van der Waals surface area contributed by atoms with Gasteiger partial charge in [-0.05, 0) is 105 Å². The second-order valence-corrected chi connectivity index (χ2v) is 10.8. The van der Waals surface area contributed by atoms with Crippen molar-refractivity contribution in [2.45, 2.75) is 39.8 Å². The summed E-state index contributed by atoms with van der Waals surface area (Å²) < 4.78 is 13.2. The summed E-state index contributed by atoms with van der Waals surface area (Å²) in [6, 6.07) is 20.4. The largest absolute Gasteiger partial charge is 0.490 e. The van der Waals surface area contributed by atoms with E-state index in [0.717, 1.165) is 28.5 Å². The van der Waals surface area contributed by atoms with Crippen molar-refractivity contribution in [2.24, 2.45) is 0 Å². The highest BCUT2D eigenvalue weighted by Gasteiger charge is 2.42. The lowest BCUT2D eigenvalue weighted by Crippen LogP contribution is -2.29. The number of benzene rings is 2. The van der Waals surface area contributed by atoms with Crippen molar-refractivity contribution in [3.8, 4) is 11.4 Å². The third kappa shape index (κ3) is 5.39. The summed E-state index contributed by atoms with van der Waals surface area (Å²) in [6.07, 6.45) is 1.82. The molecule has 1 saturated heterocycles. The van der Waals surface area contributed by atoms with Crippen LogP contribution in [0.1, 0.15) is 45.9 Å². The predicted molar refractivity (Wildman–Crippen MR) is 161 cm³/mol. The van der Waals surface area contributed by atoms with E-state index >= 15 is 0 Å². The normalized spacial score (nSPS) is 17.0. The first-order valence-electron chi connectivity index (χ1n) is 13.0. The molecule has 1 N–H and O–H groups in total. The van der Waals surface area contributed by atoms with E-state index in [9.17, 15) is 0 Å². The van der Waals surface area contributed by atoms with E-state index in [1.807, 2.05) is 42.6 Å². The van der Waals surface area contributed by atoms with Gasteiger partial charge in [0.25, 0.3) is 0 Å². The van der Waals surface area contributed by atoms with Crippen LogP contribution < -0.4 is 15.0 Å². The fourth-order valence-corrected chi connectivity index (χ4v) is 6.08. The summed E-state index contributed by atoms with van der Waals surface area (Å²) in [5.74, 6) is 0.612. The van der Waals surface area contributed by atoms with Crippen LogP contribution in [0.3, 0.4) is 0 Å². The number of nitrogens with one attached hydrogen (secondary N) is 1. The zero-order valence-corrected chi connectivity index (χ0v) is 24.4. The minimum Gasteiger partial charge on any atom is -0.490 e. The Hall–Kier alpha value is -3.39. The topological polar surface area (TPSA) is 51.6 Å². The minimum absolute atomic E-state index is 0.144. The minimum atomic E-state index is -0.150. The molecule has 0 aliphatic carbocycles. The van der Waals surface area contributed by atoms with Gasteiger partial charge < -0.3 is 24.3 Å². The van der Waals surface area contributed by atoms with Gasteiger partial charge >= 0.3 is 0 Å². The van der Waals surface area contributed by atoms with Crippen LogP contribution in [-0.2, 0) is 4.74 Å². The first-order chi connectivity index (χ1) is 18.8. The molecule has 2 atom stereocenters. The van der Waals surface area contributed by atoms with Crippen LogP contribution in [0.5, 0.6) is 5.75 Å². The number of hydrogen-bond acceptors (Lipinski definition) is 4. The smallest absolute Gasteiger partial charge is 0.174 e. The van der Waals surface area contributed by atoms with Gasteiger partial charge in [0.1, 0.15) is 12.4 Å². The molecule has 0 spiro atoms. The number of aromatic nitrogens is 2. The second-order valence-electron chi connectivity index (χ2n) is 9.96. The van der Waals surface area contributed by atoms with Crippen LogP contribution in [-0.4, -0.2) is 35.0 Å². The fraction of sp³-hybridized carbons (Fsp3) is 0.290. The van der Waals surface area contributed by atoms with Gasteiger partial charge in [-0.25, -0.2) is 0 Å². The molecule has 0 amide bonds. The van der Waals surface area contributed by atoms with E-state index < -0.39 is 0 Å². The highest BCUT2D eigenvalue weighted by Crippen LogP contribution is 2.45. The number of methoxy groups -OCH3 is 1. The average Bonchev–Trinajstić information content (AvgIpc) is 3.40. The standard InChI is InChI=1S/C31H33ClN4O2S/c1-19-14-20(2)16-24(15-19)35-21(3)17-25(22(35)4)30-29(27-8-6-7-11-33-27)34-31(39)36(30)23-9-10-28(26(32)18-23)38-13-12-37-5/h6-11,14-18,29-30H,12-13H2,1-5H3,(H,34,39)/t29-,30+/m1/s1. The van der Waals surface area contributed by atoms with Crippen LogP contribution >= 0.6 is 23.8 Å². The molecule has 0 saturated carbocycles. The summed E-state index contributed by atoms with van der Waals surface area (Å²) in [6.45, 7) is 9.51. The molecule has 0 unspecified atom stereocenters. The molecule has 6 nitrogen and oxygen atoms in total. The van der Waals surface area contributed by atoms with E-state index in [4.69, 9.17) is 38.3 Å². The van der Waals surface area contributed by atoms with Crippen molar-refractivity contribution in [1.29, 1.82) is 0 Å². The number of rotatable bonds is 8. The van der Waals surface area contributed by atoms with E-state index in [1.54, 1.807) is 7.11 Å². The maximum absolute atomic E-state index is 6.68. The van der Waals surface area contributed by atoms with Gasteiger partial charge in [0.2, 0.25) is 0 Å². The molecule has 4 aromatic rings. The van der Waals surface area contributed by atoms with E-state index in [1.165, 1.54) is 16.7 Å². The number of pyridine rings is 1. The highest BCUT2D eigenvalue weighted by atomic mass is 35.5. The Morgan fingerprint density at radius 2 is 1.72 bits per heavy atom. The van der Waals surface area contributed by atoms with E-state index in [0.29, 0.717) is 29.1 Å². The molecule has 8 heteroatoms. The number of aryl methyl sites for hydroxylation is 3. The lowest BCUT2D eigenvalue weighted by molar-refractivity contribution is 0.146. The molecule has 1 aliphatic heterocycles. The quantitative estimate of drug-likeness (QED) is 0.186. The molecule has 3 heterocycles. The molecule has 39 heavy (non-hydrogen) atoms. The van der Waals surface area contributed by atoms with Gasteiger partial charge in [0.05, 0.1) is 29.4 Å². The molecule has 5 rings (SSSR count). The van der Waals surface area contributed by atoms with Gasteiger partial charge in [-0.2, -0.15) is 0 Å². The van der Waals surface area contributed by atoms with E-state index in [-0.39, 0.29) is 12.1 Å². The Bertz CT molecular complexity index is 1480. The van der Waals surface area contributed by atoms with Crippen molar-refractivity contribution < 1.29 is 9.47 Å². The van der Waals surface area contributed by atoms with E-state index in [2.05, 4.69) is 66.7 Å². The molecule has 2 aromatic carbocycles. The molecule has 1 aliphatic rings. The molecular formula is C31H33ClN4O2S. The summed E-state index contributed by atoms with van der Waals surface area (Å²) >= 11 is 12.6. The summed E-state index contributed by atoms with van der Waals surface area (Å²) in [5.41, 5.74) is 8.92. The fourth-order valence-electron chi connectivity index (χ4n) is 5.50. The van der Waals surface area contributed by atoms with Gasteiger partial charge in [0, 0.05) is 36.1 Å². The summed E-state index contributed by atoms with van der Waals surface area (Å²) in [5, 5.41) is 4.69. The number of ether oxygens (including phenoxy) is 2. The first kappa shape index (κ1) is 27.2. The van der Waals surface area contributed by atoms with Gasteiger partial charge in [-0.3, -0.25) is 4.98 Å². The monoisotopic (exact) mass is 560 g/mol.